The van der Waals surface area contributed by atoms with Crippen molar-refractivity contribution in [2.24, 2.45) is 5.10 Å². The molecule has 0 radical (unpaired) electrons. The molecule has 0 aliphatic heterocycles. The summed E-state index contributed by atoms with van der Waals surface area (Å²) in [6.45, 7) is 0. The average Bonchev–Trinajstić information content (AvgIpc) is 2.38. The Hall–Kier alpha value is -0.820. The lowest BCUT2D eigenvalue weighted by Crippen LogP contribution is -2.41. The number of nitrogens with one attached hydrogen (secondary N) is 1. The van der Waals surface area contributed by atoms with Gasteiger partial charge in [0.1, 0.15) is 6.01 Å². The summed E-state index contributed by atoms with van der Waals surface area (Å²) < 4.78 is 0. The Balaban J connectivity index is 1.99. The van der Waals surface area contributed by atoms with E-state index in [0.717, 1.165) is 0 Å². The molecule has 0 amide bonds. The molecule has 1 N–H and O–H groups in total. The topological polar surface area (TPSA) is 39.5 Å². The maximum absolute atomic E-state index is 7.11. The Morgan fingerprint density at radius 2 is 1.25 bits per heavy atom. The fourth-order valence-electron chi connectivity index (χ4n) is 3.21. The summed E-state index contributed by atoms with van der Waals surface area (Å²) in [6, 6.07) is 3.45. The molecule has 2 aliphatic carbocycles. The number of hydrogen-bond acceptors (Lipinski definition) is 3. The SMILES string of the molecule is N=C=NN(C1CCCCC1)C1CCCCC1. The molecule has 2 fully saturated rings. The highest BCUT2D eigenvalue weighted by molar-refractivity contribution is 5.35. The zero-order valence-electron chi connectivity index (χ0n) is 10.1. The second kappa shape index (κ2) is 6.05. The van der Waals surface area contributed by atoms with Crippen molar-refractivity contribution in [3.8, 4) is 0 Å². The van der Waals surface area contributed by atoms with E-state index < -0.39 is 0 Å². The molecular weight excluding hydrogens is 198 g/mol. The van der Waals surface area contributed by atoms with Gasteiger partial charge in [-0.3, -0.25) is 5.01 Å². The first-order valence-corrected chi connectivity index (χ1v) is 6.82. The monoisotopic (exact) mass is 221 g/mol. The maximum Gasteiger partial charge on any atom is 0.111 e. The molecule has 0 aromatic heterocycles. The van der Waals surface area contributed by atoms with Gasteiger partial charge in [0.05, 0.1) is 0 Å². The van der Waals surface area contributed by atoms with Crippen LogP contribution in [0.5, 0.6) is 0 Å². The summed E-state index contributed by atoms with van der Waals surface area (Å²) in [7, 11) is 0. The molecular formula is C13H23N3. The summed E-state index contributed by atoms with van der Waals surface area (Å²) in [6.07, 6.45) is 13.2. The summed E-state index contributed by atoms with van der Waals surface area (Å²) in [5.74, 6) is 0. The van der Waals surface area contributed by atoms with Gasteiger partial charge in [-0.05, 0) is 25.7 Å². The third-order valence-electron chi connectivity index (χ3n) is 4.06. The van der Waals surface area contributed by atoms with Crippen LogP contribution in [0.25, 0.3) is 0 Å². The highest BCUT2D eigenvalue weighted by Crippen LogP contribution is 2.30. The number of hydrogen-bond donors (Lipinski definition) is 1. The molecule has 3 heteroatoms. The van der Waals surface area contributed by atoms with E-state index in [2.05, 4.69) is 16.1 Å². The minimum absolute atomic E-state index is 0.592. The lowest BCUT2D eigenvalue weighted by atomic mass is 9.90. The van der Waals surface area contributed by atoms with Gasteiger partial charge < -0.3 is 0 Å². The largest absolute Gasteiger partial charge is 0.281 e. The van der Waals surface area contributed by atoms with Crippen LogP contribution in [-0.2, 0) is 0 Å². The van der Waals surface area contributed by atoms with Crippen LogP contribution < -0.4 is 0 Å². The summed E-state index contributed by atoms with van der Waals surface area (Å²) >= 11 is 0. The van der Waals surface area contributed by atoms with Gasteiger partial charge in [0.15, 0.2) is 0 Å². The van der Waals surface area contributed by atoms with Crippen molar-refractivity contribution in [1.82, 2.24) is 5.01 Å². The summed E-state index contributed by atoms with van der Waals surface area (Å²) in [5, 5.41) is 13.6. The van der Waals surface area contributed by atoms with Gasteiger partial charge in [0.25, 0.3) is 0 Å². The van der Waals surface area contributed by atoms with Gasteiger partial charge in [0.2, 0.25) is 0 Å². The Morgan fingerprint density at radius 3 is 1.62 bits per heavy atom. The molecule has 0 aromatic carbocycles. The first-order chi connectivity index (χ1) is 7.92. The van der Waals surface area contributed by atoms with Crippen LogP contribution in [-0.4, -0.2) is 23.1 Å². The molecule has 2 aliphatic rings. The van der Waals surface area contributed by atoms with Gasteiger partial charge in [-0.25, -0.2) is 5.41 Å². The van der Waals surface area contributed by atoms with Crippen LogP contribution in [0.4, 0.5) is 0 Å². The highest BCUT2D eigenvalue weighted by Gasteiger charge is 2.27. The van der Waals surface area contributed by atoms with Crippen LogP contribution in [0.1, 0.15) is 64.2 Å². The number of hydrazone groups is 1. The molecule has 2 rings (SSSR count). The van der Waals surface area contributed by atoms with Crippen molar-refractivity contribution in [3.63, 3.8) is 0 Å². The molecule has 90 valence electrons. The zero-order chi connectivity index (χ0) is 11.2. The lowest BCUT2D eigenvalue weighted by Gasteiger charge is -2.38. The van der Waals surface area contributed by atoms with Gasteiger partial charge in [0, 0.05) is 12.1 Å². The predicted octanol–water partition coefficient (Wildman–Crippen LogP) is 3.62. The molecule has 2 saturated carbocycles. The third kappa shape index (κ3) is 2.85. The Labute approximate surface area is 98.4 Å². The van der Waals surface area contributed by atoms with E-state index in [4.69, 9.17) is 5.41 Å². The van der Waals surface area contributed by atoms with Gasteiger partial charge in [-0.1, -0.05) is 38.5 Å². The van der Waals surface area contributed by atoms with E-state index in [9.17, 15) is 0 Å². The molecule has 0 unspecified atom stereocenters. The first kappa shape index (κ1) is 11.7. The fraction of sp³-hybridized carbons (Fsp3) is 0.923. The molecule has 0 bridgehead atoms. The number of rotatable bonds is 3. The lowest BCUT2D eigenvalue weighted by molar-refractivity contribution is 0.0855. The van der Waals surface area contributed by atoms with Crippen molar-refractivity contribution < 1.29 is 0 Å². The smallest absolute Gasteiger partial charge is 0.111 e. The van der Waals surface area contributed by atoms with Crippen molar-refractivity contribution in [2.75, 3.05) is 0 Å². The van der Waals surface area contributed by atoms with E-state index in [0.29, 0.717) is 12.1 Å². The van der Waals surface area contributed by atoms with Crippen molar-refractivity contribution in [1.29, 1.82) is 5.41 Å². The van der Waals surface area contributed by atoms with Gasteiger partial charge in [-0.2, -0.15) is 0 Å². The normalized spacial score (nSPS) is 23.8. The van der Waals surface area contributed by atoms with Crippen molar-refractivity contribution in [3.05, 3.63) is 0 Å². The quantitative estimate of drug-likeness (QED) is 0.574. The van der Waals surface area contributed by atoms with Gasteiger partial charge in [-0.15, -0.1) is 5.10 Å². The van der Waals surface area contributed by atoms with Crippen LogP contribution in [0.2, 0.25) is 0 Å². The standard InChI is InChI=1S/C13H23N3/c14-11-15-16(12-7-3-1-4-8-12)13-9-5-2-6-10-13/h12-14H,1-10H2. The fourth-order valence-corrected chi connectivity index (χ4v) is 3.21. The Morgan fingerprint density at radius 1 is 0.812 bits per heavy atom. The highest BCUT2D eigenvalue weighted by atomic mass is 15.5. The van der Waals surface area contributed by atoms with E-state index in [1.54, 1.807) is 0 Å². The second-order valence-electron chi connectivity index (χ2n) is 5.18. The molecule has 3 nitrogen and oxygen atoms in total. The minimum Gasteiger partial charge on any atom is -0.281 e. The first-order valence-electron chi connectivity index (χ1n) is 6.82. The van der Waals surface area contributed by atoms with Crippen molar-refractivity contribution in [2.45, 2.75) is 76.3 Å². The molecule has 0 aromatic rings. The summed E-state index contributed by atoms with van der Waals surface area (Å²) in [5.41, 5.74) is 0. The van der Waals surface area contributed by atoms with Gasteiger partial charge >= 0.3 is 0 Å². The zero-order valence-corrected chi connectivity index (χ0v) is 10.1. The van der Waals surface area contributed by atoms with Crippen LogP contribution >= 0.6 is 0 Å². The van der Waals surface area contributed by atoms with Crippen LogP contribution in [0.3, 0.4) is 0 Å². The van der Waals surface area contributed by atoms with Crippen LogP contribution in [0, 0.1) is 5.41 Å². The van der Waals surface area contributed by atoms with Crippen LogP contribution in [0.15, 0.2) is 5.10 Å². The number of nitrogens with zero attached hydrogens (tertiary/aromatic N) is 2. The average molecular weight is 221 g/mol. The summed E-state index contributed by atoms with van der Waals surface area (Å²) in [4.78, 5) is 0. The maximum atomic E-state index is 7.11. The van der Waals surface area contributed by atoms with E-state index in [1.165, 1.54) is 64.2 Å². The minimum atomic E-state index is 0.592. The molecule has 0 atom stereocenters. The van der Waals surface area contributed by atoms with Crippen molar-refractivity contribution >= 4 is 6.01 Å². The predicted molar refractivity (Wildman–Crippen MR) is 65.7 cm³/mol. The molecule has 0 spiro atoms. The molecule has 16 heavy (non-hydrogen) atoms. The van der Waals surface area contributed by atoms with E-state index in [-0.39, 0.29) is 0 Å². The Kier molecular flexibility index (Phi) is 4.41. The second-order valence-corrected chi connectivity index (χ2v) is 5.18. The van der Waals surface area contributed by atoms with E-state index >= 15 is 0 Å². The molecule has 0 saturated heterocycles. The third-order valence-corrected chi connectivity index (χ3v) is 4.06. The Bertz CT molecular complexity index is 228. The van der Waals surface area contributed by atoms with E-state index in [1.807, 2.05) is 0 Å². The molecule has 0 heterocycles.